The standard InChI is InChI=1S/C20H22F3N/c1-2-14-3-5-15(6-4-14)16-7-9-17(10-8-16)18-11-12-19(24-13-18)20(21,22)23/h7-15H,2-6H2,1H3. The molecule has 24 heavy (non-hydrogen) atoms. The second-order valence-corrected chi connectivity index (χ2v) is 6.68. The fourth-order valence-electron chi connectivity index (χ4n) is 3.58. The van der Waals surface area contributed by atoms with Crippen LogP contribution in [0.4, 0.5) is 13.2 Å². The van der Waals surface area contributed by atoms with Gasteiger partial charge in [0.15, 0.2) is 0 Å². The summed E-state index contributed by atoms with van der Waals surface area (Å²) in [6.45, 7) is 2.26. The zero-order valence-corrected chi connectivity index (χ0v) is 13.8. The summed E-state index contributed by atoms with van der Waals surface area (Å²) in [5.41, 5.74) is 2.11. The van der Waals surface area contributed by atoms with Crippen molar-refractivity contribution in [1.82, 2.24) is 4.98 Å². The lowest BCUT2D eigenvalue weighted by molar-refractivity contribution is -0.141. The highest BCUT2D eigenvalue weighted by molar-refractivity contribution is 5.62. The Bertz CT molecular complexity index is 651. The van der Waals surface area contributed by atoms with Gasteiger partial charge in [0.1, 0.15) is 5.69 Å². The summed E-state index contributed by atoms with van der Waals surface area (Å²) in [6.07, 6.45) is 3.24. The first-order chi connectivity index (χ1) is 11.5. The van der Waals surface area contributed by atoms with E-state index in [9.17, 15) is 13.2 Å². The molecule has 1 aromatic heterocycles. The van der Waals surface area contributed by atoms with E-state index in [2.05, 4.69) is 24.0 Å². The predicted molar refractivity (Wildman–Crippen MR) is 89.7 cm³/mol. The summed E-state index contributed by atoms with van der Waals surface area (Å²) < 4.78 is 37.7. The van der Waals surface area contributed by atoms with Crippen molar-refractivity contribution in [2.24, 2.45) is 5.92 Å². The lowest BCUT2D eigenvalue weighted by atomic mass is 9.78. The Morgan fingerprint density at radius 1 is 0.917 bits per heavy atom. The molecule has 0 atom stereocenters. The van der Waals surface area contributed by atoms with Crippen LogP contribution < -0.4 is 0 Å². The molecule has 1 nitrogen and oxygen atoms in total. The van der Waals surface area contributed by atoms with E-state index in [-0.39, 0.29) is 0 Å². The lowest BCUT2D eigenvalue weighted by Crippen LogP contribution is -2.12. The highest BCUT2D eigenvalue weighted by atomic mass is 19.4. The third-order valence-electron chi connectivity index (χ3n) is 5.19. The maximum atomic E-state index is 12.6. The number of pyridine rings is 1. The number of halogens is 3. The first kappa shape index (κ1) is 17.0. The Labute approximate surface area is 140 Å². The van der Waals surface area contributed by atoms with Crippen LogP contribution in [0.1, 0.15) is 56.2 Å². The Hall–Kier alpha value is -1.84. The van der Waals surface area contributed by atoms with Crippen LogP contribution in [0.25, 0.3) is 11.1 Å². The van der Waals surface area contributed by atoms with Crippen LogP contribution in [0, 0.1) is 5.92 Å². The van der Waals surface area contributed by atoms with Crippen LogP contribution >= 0.6 is 0 Å². The molecule has 1 saturated carbocycles. The smallest absolute Gasteiger partial charge is 0.251 e. The summed E-state index contributed by atoms with van der Waals surface area (Å²) in [4.78, 5) is 3.53. The van der Waals surface area contributed by atoms with Gasteiger partial charge in [-0.15, -0.1) is 0 Å². The van der Waals surface area contributed by atoms with E-state index >= 15 is 0 Å². The highest BCUT2D eigenvalue weighted by Gasteiger charge is 2.32. The first-order valence-corrected chi connectivity index (χ1v) is 8.61. The van der Waals surface area contributed by atoms with E-state index in [4.69, 9.17) is 0 Å². The Morgan fingerprint density at radius 2 is 1.54 bits per heavy atom. The van der Waals surface area contributed by atoms with E-state index in [1.165, 1.54) is 49.9 Å². The molecule has 3 rings (SSSR count). The number of benzene rings is 1. The molecule has 0 spiro atoms. The van der Waals surface area contributed by atoms with Gasteiger partial charge in [-0.2, -0.15) is 13.2 Å². The van der Waals surface area contributed by atoms with Gasteiger partial charge in [-0.3, -0.25) is 4.98 Å². The second kappa shape index (κ2) is 6.96. The summed E-state index contributed by atoms with van der Waals surface area (Å²) in [5.74, 6) is 1.49. The topological polar surface area (TPSA) is 12.9 Å². The van der Waals surface area contributed by atoms with Gasteiger partial charge in [0.25, 0.3) is 0 Å². The molecular weight excluding hydrogens is 311 g/mol. The minimum atomic E-state index is -4.39. The van der Waals surface area contributed by atoms with Crippen molar-refractivity contribution in [3.8, 4) is 11.1 Å². The fraction of sp³-hybridized carbons (Fsp3) is 0.450. The third kappa shape index (κ3) is 3.80. The van der Waals surface area contributed by atoms with E-state index in [1.807, 2.05) is 12.1 Å². The molecule has 0 saturated heterocycles. The molecule has 0 unspecified atom stereocenters. The molecule has 1 aliphatic rings. The number of nitrogens with zero attached hydrogens (tertiary/aromatic N) is 1. The molecule has 0 radical (unpaired) electrons. The van der Waals surface area contributed by atoms with Crippen molar-refractivity contribution in [1.29, 1.82) is 0 Å². The zero-order valence-electron chi connectivity index (χ0n) is 13.8. The van der Waals surface area contributed by atoms with Crippen molar-refractivity contribution in [3.63, 3.8) is 0 Å². The lowest BCUT2D eigenvalue weighted by Gasteiger charge is -2.28. The van der Waals surface area contributed by atoms with Gasteiger partial charge in [-0.1, -0.05) is 43.7 Å². The van der Waals surface area contributed by atoms with Crippen LogP contribution in [0.15, 0.2) is 42.6 Å². The first-order valence-electron chi connectivity index (χ1n) is 8.61. The third-order valence-corrected chi connectivity index (χ3v) is 5.19. The number of hydrogen-bond donors (Lipinski definition) is 0. The van der Waals surface area contributed by atoms with E-state index in [0.29, 0.717) is 11.5 Å². The fourth-order valence-corrected chi connectivity index (χ4v) is 3.58. The van der Waals surface area contributed by atoms with E-state index < -0.39 is 11.9 Å². The summed E-state index contributed by atoms with van der Waals surface area (Å²) >= 11 is 0. The van der Waals surface area contributed by atoms with Gasteiger partial charge in [-0.05, 0) is 54.7 Å². The van der Waals surface area contributed by atoms with Gasteiger partial charge < -0.3 is 0 Å². The van der Waals surface area contributed by atoms with Gasteiger partial charge in [0.05, 0.1) is 0 Å². The number of aromatic nitrogens is 1. The van der Waals surface area contributed by atoms with Crippen molar-refractivity contribution in [2.45, 2.75) is 51.1 Å². The number of alkyl halides is 3. The normalized spacial score (nSPS) is 21.7. The molecule has 2 aromatic rings. The Morgan fingerprint density at radius 3 is 2.04 bits per heavy atom. The van der Waals surface area contributed by atoms with Gasteiger partial charge in [-0.25, -0.2) is 0 Å². The summed E-state index contributed by atoms with van der Waals surface area (Å²) in [7, 11) is 0. The Balaban J connectivity index is 1.70. The van der Waals surface area contributed by atoms with E-state index in [0.717, 1.165) is 17.5 Å². The molecule has 1 aromatic carbocycles. The van der Waals surface area contributed by atoms with Crippen LogP contribution in [-0.2, 0) is 6.18 Å². The van der Waals surface area contributed by atoms with Crippen LogP contribution in [0.3, 0.4) is 0 Å². The minimum Gasteiger partial charge on any atom is -0.251 e. The molecule has 0 aliphatic heterocycles. The molecule has 128 valence electrons. The SMILES string of the molecule is CCC1CCC(c2ccc(-c3ccc(C(F)(F)F)nc3)cc2)CC1. The average Bonchev–Trinajstić information content (AvgIpc) is 2.61. The minimum absolute atomic E-state index is 0.618. The van der Waals surface area contributed by atoms with Crippen molar-refractivity contribution in [3.05, 3.63) is 53.9 Å². The largest absolute Gasteiger partial charge is 0.433 e. The monoisotopic (exact) mass is 333 g/mol. The second-order valence-electron chi connectivity index (χ2n) is 6.68. The number of rotatable bonds is 3. The maximum Gasteiger partial charge on any atom is 0.433 e. The molecule has 1 heterocycles. The number of hydrogen-bond acceptors (Lipinski definition) is 1. The van der Waals surface area contributed by atoms with Gasteiger partial charge >= 0.3 is 6.18 Å². The van der Waals surface area contributed by atoms with Crippen LogP contribution in [0.5, 0.6) is 0 Å². The van der Waals surface area contributed by atoms with E-state index in [1.54, 1.807) is 0 Å². The average molecular weight is 333 g/mol. The van der Waals surface area contributed by atoms with Crippen molar-refractivity contribution < 1.29 is 13.2 Å². The molecular formula is C20H22F3N. The summed E-state index contributed by atoms with van der Waals surface area (Å²) in [5, 5.41) is 0. The Kier molecular flexibility index (Phi) is 4.93. The molecule has 0 amide bonds. The molecule has 4 heteroatoms. The van der Waals surface area contributed by atoms with Crippen molar-refractivity contribution >= 4 is 0 Å². The molecule has 1 fully saturated rings. The van der Waals surface area contributed by atoms with Crippen LogP contribution in [-0.4, -0.2) is 4.98 Å². The summed E-state index contributed by atoms with van der Waals surface area (Å²) in [6, 6.07) is 10.7. The molecule has 0 N–H and O–H groups in total. The van der Waals surface area contributed by atoms with Gasteiger partial charge in [0.2, 0.25) is 0 Å². The highest BCUT2D eigenvalue weighted by Crippen LogP contribution is 2.37. The molecule has 0 bridgehead atoms. The van der Waals surface area contributed by atoms with Gasteiger partial charge in [0, 0.05) is 11.8 Å². The van der Waals surface area contributed by atoms with Crippen LogP contribution in [0.2, 0.25) is 0 Å². The molecule has 1 aliphatic carbocycles. The predicted octanol–water partition coefficient (Wildman–Crippen LogP) is 6.45. The zero-order chi connectivity index (χ0) is 17.2. The quantitative estimate of drug-likeness (QED) is 0.629. The van der Waals surface area contributed by atoms with Crippen molar-refractivity contribution in [2.75, 3.05) is 0 Å². The maximum absolute atomic E-state index is 12.6.